The first-order valence-electron chi connectivity index (χ1n) is 5.94. The summed E-state index contributed by atoms with van der Waals surface area (Å²) in [5.41, 5.74) is 5.86. The Morgan fingerprint density at radius 2 is 2.13 bits per heavy atom. The molecule has 0 aromatic carbocycles. The van der Waals surface area contributed by atoms with Crippen molar-refractivity contribution in [3.05, 3.63) is 0 Å². The molecule has 1 rings (SSSR count). The number of rotatable bonds is 2. The van der Waals surface area contributed by atoms with Crippen molar-refractivity contribution in [2.45, 2.75) is 59.0 Å². The summed E-state index contributed by atoms with van der Waals surface area (Å²) < 4.78 is 0. The molecule has 3 nitrogen and oxygen atoms in total. The summed E-state index contributed by atoms with van der Waals surface area (Å²) in [5.74, 6) is 0.131. The molecule has 1 aliphatic rings. The third-order valence-corrected chi connectivity index (χ3v) is 3.33. The Balaban J connectivity index is 2.68. The molecule has 0 saturated carbocycles. The molecule has 2 unspecified atom stereocenters. The molecule has 3 heteroatoms. The van der Waals surface area contributed by atoms with Gasteiger partial charge in [-0.15, -0.1) is 0 Å². The summed E-state index contributed by atoms with van der Waals surface area (Å²) in [6.07, 6.45) is 3.31. The second kappa shape index (κ2) is 4.52. The van der Waals surface area contributed by atoms with Crippen LogP contribution in [0.25, 0.3) is 0 Å². The van der Waals surface area contributed by atoms with Crippen LogP contribution in [0.2, 0.25) is 0 Å². The number of nitrogens with two attached hydrogens (primary N) is 1. The molecule has 0 spiro atoms. The van der Waals surface area contributed by atoms with E-state index in [0.717, 1.165) is 25.8 Å². The van der Waals surface area contributed by atoms with Crippen LogP contribution in [0.4, 0.5) is 0 Å². The number of carbonyl (C=O) groups is 1. The maximum atomic E-state index is 12.2. The largest absolute Gasteiger partial charge is 0.338 e. The molecule has 1 amide bonds. The Hall–Kier alpha value is -0.570. The van der Waals surface area contributed by atoms with Gasteiger partial charge >= 0.3 is 0 Å². The molecule has 0 aromatic rings. The fraction of sp³-hybridized carbons (Fsp3) is 0.917. The molecule has 1 aliphatic heterocycles. The molecule has 0 bridgehead atoms. The number of hydrogen-bond acceptors (Lipinski definition) is 2. The zero-order valence-electron chi connectivity index (χ0n) is 10.4. The topological polar surface area (TPSA) is 46.3 Å². The summed E-state index contributed by atoms with van der Waals surface area (Å²) in [7, 11) is 0. The standard InChI is InChI=1S/C12H24N2O/c1-5-9-7-6-8-14(9)11(15)10(13)12(2,3)4/h9-10H,5-8,13H2,1-4H3. The minimum absolute atomic E-state index is 0.131. The van der Waals surface area contributed by atoms with E-state index in [9.17, 15) is 4.79 Å². The first kappa shape index (κ1) is 12.5. The second-order valence-electron chi connectivity index (χ2n) is 5.58. The van der Waals surface area contributed by atoms with Gasteiger partial charge in [0.2, 0.25) is 5.91 Å². The molecule has 1 fully saturated rings. The van der Waals surface area contributed by atoms with Crippen molar-refractivity contribution in [1.29, 1.82) is 0 Å². The minimum atomic E-state index is -0.371. The average Bonchev–Trinajstić information content (AvgIpc) is 2.61. The van der Waals surface area contributed by atoms with Gasteiger partial charge in [-0.2, -0.15) is 0 Å². The van der Waals surface area contributed by atoms with E-state index in [0.29, 0.717) is 6.04 Å². The van der Waals surface area contributed by atoms with E-state index in [1.54, 1.807) is 0 Å². The van der Waals surface area contributed by atoms with E-state index in [-0.39, 0.29) is 17.4 Å². The van der Waals surface area contributed by atoms with Gasteiger partial charge in [-0.05, 0) is 24.7 Å². The van der Waals surface area contributed by atoms with Gasteiger partial charge in [0.1, 0.15) is 0 Å². The molecule has 88 valence electrons. The van der Waals surface area contributed by atoms with E-state index in [1.165, 1.54) is 0 Å². The number of nitrogens with zero attached hydrogens (tertiary/aromatic N) is 1. The van der Waals surface area contributed by atoms with Gasteiger partial charge in [-0.25, -0.2) is 0 Å². The zero-order chi connectivity index (χ0) is 11.6. The van der Waals surface area contributed by atoms with Crippen LogP contribution in [0.3, 0.4) is 0 Å². The maximum absolute atomic E-state index is 12.2. The molecule has 2 atom stereocenters. The Labute approximate surface area is 93.0 Å². The smallest absolute Gasteiger partial charge is 0.240 e. The van der Waals surface area contributed by atoms with Crippen LogP contribution in [0.1, 0.15) is 47.0 Å². The molecule has 0 aromatic heterocycles. The number of likely N-dealkylation sites (tertiary alicyclic amines) is 1. The highest BCUT2D eigenvalue weighted by molar-refractivity contribution is 5.83. The highest BCUT2D eigenvalue weighted by atomic mass is 16.2. The van der Waals surface area contributed by atoms with Crippen LogP contribution in [0.5, 0.6) is 0 Å². The fourth-order valence-electron chi connectivity index (χ4n) is 2.10. The Kier molecular flexibility index (Phi) is 3.77. The summed E-state index contributed by atoms with van der Waals surface area (Å²) in [5, 5.41) is 0. The molecule has 15 heavy (non-hydrogen) atoms. The second-order valence-corrected chi connectivity index (χ2v) is 5.58. The van der Waals surface area contributed by atoms with Gasteiger partial charge in [-0.1, -0.05) is 27.7 Å². The zero-order valence-corrected chi connectivity index (χ0v) is 10.4. The van der Waals surface area contributed by atoms with E-state index < -0.39 is 0 Å². The van der Waals surface area contributed by atoms with Gasteiger partial charge in [-0.3, -0.25) is 4.79 Å². The van der Waals surface area contributed by atoms with Crippen LogP contribution in [-0.2, 0) is 4.79 Å². The highest BCUT2D eigenvalue weighted by Gasteiger charge is 2.35. The van der Waals surface area contributed by atoms with Crippen LogP contribution in [0.15, 0.2) is 0 Å². The quantitative estimate of drug-likeness (QED) is 0.758. The Morgan fingerprint density at radius 3 is 2.60 bits per heavy atom. The molecule has 0 aliphatic carbocycles. The van der Waals surface area contributed by atoms with Gasteiger partial charge in [0.25, 0.3) is 0 Å². The average molecular weight is 212 g/mol. The molecule has 1 heterocycles. The fourth-order valence-corrected chi connectivity index (χ4v) is 2.10. The van der Waals surface area contributed by atoms with Gasteiger partial charge in [0.05, 0.1) is 6.04 Å². The lowest BCUT2D eigenvalue weighted by Crippen LogP contribution is -2.51. The van der Waals surface area contributed by atoms with Crippen molar-refractivity contribution in [1.82, 2.24) is 4.90 Å². The normalized spacial score (nSPS) is 24.3. The van der Waals surface area contributed by atoms with Crippen LogP contribution < -0.4 is 5.73 Å². The monoisotopic (exact) mass is 212 g/mol. The van der Waals surface area contributed by atoms with Crippen LogP contribution in [-0.4, -0.2) is 29.4 Å². The SMILES string of the molecule is CCC1CCCN1C(=O)C(N)C(C)(C)C. The van der Waals surface area contributed by atoms with E-state index in [2.05, 4.69) is 6.92 Å². The summed E-state index contributed by atoms with van der Waals surface area (Å²) in [6.45, 7) is 9.09. The summed E-state index contributed by atoms with van der Waals surface area (Å²) >= 11 is 0. The minimum Gasteiger partial charge on any atom is -0.338 e. The highest BCUT2D eigenvalue weighted by Crippen LogP contribution is 2.25. The van der Waals surface area contributed by atoms with E-state index in [4.69, 9.17) is 5.73 Å². The van der Waals surface area contributed by atoms with Crippen molar-refractivity contribution >= 4 is 5.91 Å². The van der Waals surface area contributed by atoms with Gasteiger partial charge in [0.15, 0.2) is 0 Å². The molecular weight excluding hydrogens is 188 g/mol. The third-order valence-electron chi connectivity index (χ3n) is 3.33. The lowest BCUT2D eigenvalue weighted by molar-refractivity contribution is -0.135. The molecular formula is C12H24N2O. The molecule has 1 saturated heterocycles. The van der Waals surface area contributed by atoms with Crippen molar-refractivity contribution in [3.63, 3.8) is 0 Å². The first-order chi connectivity index (χ1) is 6.88. The number of amides is 1. The maximum Gasteiger partial charge on any atom is 0.240 e. The predicted octanol–water partition coefficient (Wildman–Crippen LogP) is 1.76. The van der Waals surface area contributed by atoms with Crippen LogP contribution in [0, 0.1) is 5.41 Å². The number of hydrogen-bond donors (Lipinski definition) is 1. The third kappa shape index (κ3) is 2.71. The lowest BCUT2D eigenvalue weighted by atomic mass is 9.86. The molecule has 2 N–H and O–H groups in total. The van der Waals surface area contributed by atoms with E-state index >= 15 is 0 Å². The van der Waals surface area contributed by atoms with Crippen LogP contribution >= 0.6 is 0 Å². The van der Waals surface area contributed by atoms with Crippen molar-refractivity contribution < 1.29 is 4.79 Å². The number of carbonyl (C=O) groups excluding carboxylic acids is 1. The first-order valence-corrected chi connectivity index (χ1v) is 5.94. The summed E-state index contributed by atoms with van der Waals surface area (Å²) in [6, 6.07) is 0.0514. The predicted molar refractivity (Wildman–Crippen MR) is 62.5 cm³/mol. The van der Waals surface area contributed by atoms with Gasteiger partial charge in [0, 0.05) is 12.6 Å². The van der Waals surface area contributed by atoms with Crippen molar-refractivity contribution in [3.8, 4) is 0 Å². The lowest BCUT2D eigenvalue weighted by Gasteiger charge is -2.32. The molecule has 0 radical (unpaired) electrons. The Morgan fingerprint density at radius 1 is 1.53 bits per heavy atom. The van der Waals surface area contributed by atoms with E-state index in [1.807, 2.05) is 25.7 Å². The van der Waals surface area contributed by atoms with Gasteiger partial charge < -0.3 is 10.6 Å². The van der Waals surface area contributed by atoms with Crippen molar-refractivity contribution in [2.75, 3.05) is 6.54 Å². The Bertz CT molecular complexity index is 232. The van der Waals surface area contributed by atoms with Crippen molar-refractivity contribution in [2.24, 2.45) is 11.1 Å². The summed E-state index contributed by atoms with van der Waals surface area (Å²) in [4.78, 5) is 14.1.